The van der Waals surface area contributed by atoms with Crippen LogP contribution in [0.15, 0.2) is 27.9 Å². The second-order valence-electron chi connectivity index (χ2n) is 9.66. The standard InChI is InChI=1S/C22H28O5/c1-12-6-7-17(27-12)20(18-13(23)8-21(2,3)9-14(18)24)19-15(25)10-22(4,5)11-16(19)26/h6-7,18,20,25H,8-11H2,1-5H3/t20-/m0/s1. The SMILES string of the molecule is Cc1ccc([C@H](C2=C(O)CC(C)(C)CC2=O)C2C(=O)CC(C)(C)CC2=O)o1. The van der Waals surface area contributed by atoms with Crippen LogP contribution in [0.4, 0.5) is 0 Å². The van der Waals surface area contributed by atoms with E-state index in [0.717, 1.165) is 0 Å². The number of Topliss-reactive ketones (excluding diaryl/α,β-unsaturated/α-hetero) is 3. The van der Waals surface area contributed by atoms with Crippen molar-refractivity contribution in [2.75, 3.05) is 0 Å². The van der Waals surface area contributed by atoms with Gasteiger partial charge in [-0.15, -0.1) is 0 Å². The fraction of sp³-hybridized carbons (Fsp3) is 0.591. The van der Waals surface area contributed by atoms with Crippen molar-refractivity contribution >= 4 is 17.3 Å². The Hall–Kier alpha value is -2.17. The van der Waals surface area contributed by atoms with E-state index in [0.29, 0.717) is 17.9 Å². The van der Waals surface area contributed by atoms with Gasteiger partial charge in [0.1, 0.15) is 28.8 Å². The minimum Gasteiger partial charge on any atom is -0.512 e. The molecule has 146 valence electrons. The number of furan rings is 1. The lowest BCUT2D eigenvalue weighted by Gasteiger charge is -2.38. The molecule has 0 unspecified atom stereocenters. The van der Waals surface area contributed by atoms with E-state index in [4.69, 9.17) is 4.42 Å². The van der Waals surface area contributed by atoms with Gasteiger partial charge in [-0.3, -0.25) is 14.4 Å². The number of allylic oxidation sites excluding steroid dienone is 2. The summed E-state index contributed by atoms with van der Waals surface area (Å²) in [6.45, 7) is 9.41. The zero-order chi connectivity index (χ0) is 20.1. The third-order valence-corrected chi connectivity index (χ3v) is 5.61. The van der Waals surface area contributed by atoms with Gasteiger partial charge in [-0.1, -0.05) is 27.7 Å². The zero-order valence-electron chi connectivity index (χ0n) is 16.7. The van der Waals surface area contributed by atoms with E-state index < -0.39 is 11.8 Å². The summed E-state index contributed by atoms with van der Waals surface area (Å²) in [7, 11) is 0. The molecule has 1 aromatic heterocycles. The highest BCUT2D eigenvalue weighted by Crippen LogP contribution is 2.47. The van der Waals surface area contributed by atoms with Crippen molar-refractivity contribution in [1.82, 2.24) is 0 Å². The fourth-order valence-electron chi connectivity index (χ4n) is 4.53. The van der Waals surface area contributed by atoms with Crippen LogP contribution in [0, 0.1) is 23.7 Å². The lowest BCUT2D eigenvalue weighted by atomic mass is 9.63. The largest absolute Gasteiger partial charge is 0.512 e. The fourth-order valence-corrected chi connectivity index (χ4v) is 4.53. The van der Waals surface area contributed by atoms with Crippen LogP contribution in [0.1, 0.15) is 70.8 Å². The van der Waals surface area contributed by atoms with E-state index in [9.17, 15) is 19.5 Å². The van der Waals surface area contributed by atoms with Crippen molar-refractivity contribution in [3.05, 3.63) is 35.0 Å². The van der Waals surface area contributed by atoms with Gasteiger partial charge in [0.25, 0.3) is 0 Å². The Morgan fingerprint density at radius 3 is 2.00 bits per heavy atom. The highest BCUT2D eigenvalue weighted by atomic mass is 16.3. The molecule has 27 heavy (non-hydrogen) atoms. The molecule has 3 rings (SSSR count). The molecular weight excluding hydrogens is 344 g/mol. The molecule has 2 aliphatic rings. The van der Waals surface area contributed by atoms with Crippen LogP contribution in [-0.2, 0) is 14.4 Å². The van der Waals surface area contributed by atoms with E-state index in [1.54, 1.807) is 19.1 Å². The first-order valence-corrected chi connectivity index (χ1v) is 9.47. The summed E-state index contributed by atoms with van der Waals surface area (Å²) >= 11 is 0. The first-order valence-electron chi connectivity index (χ1n) is 9.47. The number of rotatable bonds is 3. The first kappa shape index (κ1) is 19.6. The topological polar surface area (TPSA) is 84.6 Å². The lowest BCUT2D eigenvalue weighted by molar-refractivity contribution is -0.140. The summed E-state index contributed by atoms with van der Waals surface area (Å²) in [4.78, 5) is 38.8. The van der Waals surface area contributed by atoms with E-state index in [2.05, 4.69) is 0 Å². The number of carbonyl (C=O) groups excluding carboxylic acids is 3. The van der Waals surface area contributed by atoms with Gasteiger partial charge in [-0.2, -0.15) is 0 Å². The molecule has 0 radical (unpaired) electrons. The molecule has 1 fully saturated rings. The second kappa shape index (κ2) is 6.47. The van der Waals surface area contributed by atoms with E-state index in [-0.39, 0.29) is 58.8 Å². The third kappa shape index (κ3) is 3.78. The van der Waals surface area contributed by atoms with Crippen molar-refractivity contribution in [2.24, 2.45) is 16.7 Å². The molecule has 1 heterocycles. The Morgan fingerprint density at radius 1 is 0.963 bits per heavy atom. The predicted molar refractivity (Wildman–Crippen MR) is 100 cm³/mol. The molecule has 0 aliphatic heterocycles. The molecule has 0 aromatic carbocycles. The van der Waals surface area contributed by atoms with E-state index in [1.807, 2.05) is 27.7 Å². The summed E-state index contributed by atoms with van der Waals surface area (Å²) in [6.07, 6.45) is 1.15. The van der Waals surface area contributed by atoms with Crippen molar-refractivity contribution in [3.63, 3.8) is 0 Å². The summed E-state index contributed by atoms with van der Waals surface area (Å²) in [6, 6.07) is 3.45. The van der Waals surface area contributed by atoms with Gasteiger partial charge in [0, 0.05) is 31.3 Å². The third-order valence-electron chi connectivity index (χ3n) is 5.61. The van der Waals surface area contributed by atoms with Crippen LogP contribution in [0.3, 0.4) is 0 Å². The van der Waals surface area contributed by atoms with Crippen LogP contribution in [0.5, 0.6) is 0 Å². The summed E-state index contributed by atoms with van der Waals surface area (Å²) in [5, 5.41) is 10.7. The minimum atomic E-state index is -0.981. The van der Waals surface area contributed by atoms with Crippen LogP contribution in [0.25, 0.3) is 0 Å². The summed E-state index contributed by atoms with van der Waals surface area (Å²) in [5.41, 5.74) is -0.560. The molecule has 0 amide bonds. The quantitative estimate of drug-likeness (QED) is 0.793. The maximum absolute atomic E-state index is 12.9. The van der Waals surface area contributed by atoms with Crippen molar-refractivity contribution < 1.29 is 23.9 Å². The van der Waals surface area contributed by atoms with Crippen molar-refractivity contribution in [3.8, 4) is 0 Å². The lowest BCUT2D eigenvalue weighted by Crippen LogP contribution is -2.43. The van der Waals surface area contributed by atoms with E-state index >= 15 is 0 Å². The van der Waals surface area contributed by atoms with Crippen LogP contribution >= 0.6 is 0 Å². The number of aliphatic hydroxyl groups excluding tert-OH is 1. The molecule has 0 saturated heterocycles. The maximum Gasteiger partial charge on any atom is 0.163 e. The number of aliphatic hydroxyl groups is 1. The van der Waals surface area contributed by atoms with Crippen LogP contribution in [0.2, 0.25) is 0 Å². The Morgan fingerprint density at radius 2 is 1.52 bits per heavy atom. The molecule has 5 nitrogen and oxygen atoms in total. The van der Waals surface area contributed by atoms with Gasteiger partial charge in [-0.25, -0.2) is 0 Å². The van der Waals surface area contributed by atoms with Gasteiger partial charge in [0.2, 0.25) is 0 Å². The molecular formula is C22H28O5. The summed E-state index contributed by atoms with van der Waals surface area (Å²) < 4.78 is 5.75. The van der Waals surface area contributed by atoms with Gasteiger partial charge >= 0.3 is 0 Å². The number of hydrogen-bond donors (Lipinski definition) is 1. The van der Waals surface area contributed by atoms with Crippen LogP contribution in [-0.4, -0.2) is 22.5 Å². The van der Waals surface area contributed by atoms with E-state index in [1.165, 1.54) is 0 Å². The zero-order valence-corrected chi connectivity index (χ0v) is 16.7. The number of hydrogen-bond acceptors (Lipinski definition) is 5. The maximum atomic E-state index is 12.9. The number of carbonyl (C=O) groups is 3. The van der Waals surface area contributed by atoms with Gasteiger partial charge in [-0.05, 0) is 29.9 Å². The van der Waals surface area contributed by atoms with Crippen molar-refractivity contribution in [1.29, 1.82) is 0 Å². The Labute approximate surface area is 159 Å². The normalized spacial score (nSPS) is 24.4. The molecule has 0 spiro atoms. The highest BCUT2D eigenvalue weighted by molar-refractivity contribution is 6.09. The van der Waals surface area contributed by atoms with Crippen LogP contribution < -0.4 is 0 Å². The van der Waals surface area contributed by atoms with Gasteiger partial charge < -0.3 is 9.52 Å². The average molecular weight is 372 g/mol. The second-order valence-corrected chi connectivity index (χ2v) is 9.66. The molecule has 5 heteroatoms. The number of ketones is 3. The summed E-state index contributed by atoms with van der Waals surface area (Å²) in [5.74, 6) is -1.41. The van der Waals surface area contributed by atoms with Gasteiger partial charge in [0.15, 0.2) is 5.78 Å². The average Bonchev–Trinajstić information content (AvgIpc) is 2.87. The Bertz CT molecular complexity index is 817. The highest BCUT2D eigenvalue weighted by Gasteiger charge is 2.49. The predicted octanol–water partition coefficient (Wildman–Crippen LogP) is 4.45. The molecule has 1 N–H and O–H groups in total. The Balaban J connectivity index is 2.13. The monoisotopic (exact) mass is 372 g/mol. The first-order chi connectivity index (χ1) is 12.4. The minimum absolute atomic E-state index is 0.0271. The Kier molecular flexibility index (Phi) is 4.69. The molecule has 1 saturated carbocycles. The number of aryl methyl sites for hydroxylation is 1. The van der Waals surface area contributed by atoms with Gasteiger partial charge in [0.05, 0.1) is 11.8 Å². The molecule has 1 atom stereocenters. The molecule has 2 aliphatic carbocycles. The molecule has 0 bridgehead atoms. The smallest absolute Gasteiger partial charge is 0.163 e. The van der Waals surface area contributed by atoms with Crippen molar-refractivity contribution in [2.45, 2.75) is 66.2 Å². The molecule has 1 aromatic rings.